The van der Waals surface area contributed by atoms with Crippen molar-refractivity contribution in [2.24, 2.45) is 0 Å². The van der Waals surface area contributed by atoms with Crippen molar-refractivity contribution in [1.82, 2.24) is 5.32 Å². The maximum Gasteiger partial charge on any atom is 0.374 e. The Hall–Kier alpha value is -3.32. The van der Waals surface area contributed by atoms with Crippen molar-refractivity contribution in [2.75, 3.05) is 19.0 Å². The highest BCUT2D eigenvalue weighted by atomic mass is 35.5. The summed E-state index contributed by atoms with van der Waals surface area (Å²) in [4.78, 5) is 35.6. The Morgan fingerprint density at radius 2 is 1.93 bits per heavy atom. The fourth-order valence-corrected chi connectivity index (χ4v) is 2.58. The molecule has 27 heavy (non-hydrogen) atoms. The maximum atomic E-state index is 12.1. The van der Waals surface area contributed by atoms with Gasteiger partial charge in [0, 0.05) is 28.7 Å². The number of carbonyl (C=O) groups is 3. The summed E-state index contributed by atoms with van der Waals surface area (Å²) >= 11 is 5.89. The molecule has 2 amide bonds. The van der Waals surface area contributed by atoms with Gasteiger partial charge in [-0.15, -0.1) is 0 Å². The number of rotatable bonds is 5. The van der Waals surface area contributed by atoms with Gasteiger partial charge in [-0.25, -0.2) is 4.79 Å². The smallest absolute Gasteiger partial charge is 0.374 e. The highest BCUT2D eigenvalue weighted by Gasteiger charge is 2.16. The number of anilines is 1. The normalized spacial score (nSPS) is 10.4. The average Bonchev–Trinajstić information content (AvgIpc) is 3.09. The number of ether oxygens (including phenoxy) is 1. The predicted octanol–water partition coefficient (Wildman–Crippen LogP) is 3.24. The molecule has 1 aromatic heterocycles. The minimum atomic E-state index is -0.767. The van der Waals surface area contributed by atoms with Gasteiger partial charge in [-0.2, -0.15) is 0 Å². The van der Waals surface area contributed by atoms with Gasteiger partial charge < -0.3 is 19.8 Å². The molecule has 2 aromatic carbocycles. The Balaban J connectivity index is 1.59. The van der Waals surface area contributed by atoms with Gasteiger partial charge in [0.2, 0.25) is 5.76 Å². The summed E-state index contributed by atoms with van der Waals surface area (Å²) in [5.41, 5.74) is 1.30. The number of fused-ring (bicyclic) bond motifs is 1. The first-order chi connectivity index (χ1) is 13.0. The first-order valence-corrected chi connectivity index (χ1v) is 8.32. The van der Waals surface area contributed by atoms with E-state index in [0.717, 1.165) is 0 Å². The molecule has 0 fully saturated rings. The van der Waals surface area contributed by atoms with E-state index in [-0.39, 0.29) is 11.7 Å². The minimum absolute atomic E-state index is 0.0262. The summed E-state index contributed by atoms with van der Waals surface area (Å²) in [6.45, 7) is -0.499. The molecule has 0 radical (unpaired) electrons. The topological polar surface area (TPSA) is 97.6 Å². The van der Waals surface area contributed by atoms with Gasteiger partial charge in [0.05, 0.1) is 0 Å². The molecule has 2 N–H and O–H groups in total. The largest absolute Gasteiger partial charge is 0.450 e. The number of hydrogen-bond acceptors (Lipinski definition) is 5. The predicted molar refractivity (Wildman–Crippen MR) is 100.0 cm³/mol. The number of halogens is 1. The zero-order chi connectivity index (χ0) is 19.4. The summed E-state index contributed by atoms with van der Waals surface area (Å²) in [7, 11) is 1.51. The minimum Gasteiger partial charge on any atom is -0.450 e. The van der Waals surface area contributed by atoms with Crippen LogP contribution in [0.4, 0.5) is 5.69 Å². The van der Waals surface area contributed by atoms with Gasteiger partial charge in [-0.1, -0.05) is 17.7 Å². The van der Waals surface area contributed by atoms with E-state index in [0.29, 0.717) is 27.2 Å². The molecule has 138 valence electrons. The molecule has 7 nitrogen and oxygen atoms in total. The molecule has 0 aliphatic carbocycles. The van der Waals surface area contributed by atoms with Gasteiger partial charge in [0.15, 0.2) is 6.61 Å². The van der Waals surface area contributed by atoms with E-state index >= 15 is 0 Å². The van der Waals surface area contributed by atoms with E-state index in [2.05, 4.69) is 10.6 Å². The van der Waals surface area contributed by atoms with Crippen molar-refractivity contribution in [3.05, 3.63) is 64.9 Å². The highest BCUT2D eigenvalue weighted by molar-refractivity contribution is 6.31. The molecule has 1 heterocycles. The lowest BCUT2D eigenvalue weighted by atomic mass is 10.2. The Bertz CT molecular complexity index is 1030. The van der Waals surface area contributed by atoms with Crippen molar-refractivity contribution >= 4 is 46.0 Å². The Kier molecular flexibility index (Phi) is 5.42. The van der Waals surface area contributed by atoms with Crippen LogP contribution in [0.3, 0.4) is 0 Å². The number of benzene rings is 2. The van der Waals surface area contributed by atoms with Crippen LogP contribution in [0.1, 0.15) is 20.9 Å². The SMILES string of the molecule is CNC(=O)c1cccc(NC(=O)COC(=O)c2cc3cc(Cl)ccc3o2)c1. The number of amides is 2. The summed E-state index contributed by atoms with van der Waals surface area (Å²) in [6.07, 6.45) is 0. The van der Waals surface area contributed by atoms with E-state index in [1.54, 1.807) is 36.4 Å². The summed E-state index contributed by atoms with van der Waals surface area (Å²) in [5.74, 6) is -1.61. The maximum absolute atomic E-state index is 12.1. The first-order valence-electron chi connectivity index (χ1n) is 7.94. The molecule has 3 rings (SSSR count). The second-order valence-corrected chi connectivity index (χ2v) is 6.01. The second kappa shape index (κ2) is 7.92. The lowest BCUT2D eigenvalue weighted by Crippen LogP contribution is -2.21. The van der Waals surface area contributed by atoms with Gasteiger partial charge in [0.1, 0.15) is 5.58 Å². The van der Waals surface area contributed by atoms with Gasteiger partial charge in [0.25, 0.3) is 11.8 Å². The number of hydrogen-bond donors (Lipinski definition) is 2. The fourth-order valence-electron chi connectivity index (χ4n) is 2.40. The standard InChI is InChI=1S/C19H15ClN2O5/c1-21-18(24)11-3-2-4-14(8-11)22-17(23)10-26-19(25)16-9-12-7-13(20)5-6-15(12)27-16/h2-9H,10H2,1H3,(H,21,24)(H,22,23). The molecule has 0 aliphatic rings. The summed E-state index contributed by atoms with van der Waals surface area (Å²) in [5, 5.41) is 6.23. The van der Waals surface area contributed by atoms with Crippen LogP contribution in [0.25, 0.3) is 11.0 Å². The molecule has 0 saturated heterocycles. The van der Waals surface area contributed by atoms with Crippen molar-refractivity contribution in [3.63, 3.8) is 0 Å². The molecule has 0 bridgehead atoms. The Morgan fingerprint density at radius 3 is 2.70 bits per heavy atom. The average molecular weight is 387 g/mol. The summed E-state index contributed by atoms with van der Waals surface area (Å²) < 4.78 is 10.3. The lowest BCUT2D eigenvalue weighted by molar-refractivity contribution is -0.119. The van der Waals surface area contributed by atoms with Crippen LogP contribution in [0.15, 0.2) is 52.9 Å². The van der Waals surface area contributed by atoms with E-state index in [9.17, 15) is 14.4 Å². The van der Waals surface area contributed by atoms with Crippen LogP contribution < -0.4 is 10.6 Å². The molecule has 0 unspecified atom stereocenters. The van der Waals surface area contributed by atoms with E-state index < -0.39 is 18.5 Å². The van der Waals surface area contributed by atoms with E-state index in [1.807, 2.05) is 0 Å². The molecule has 0 atom stereocenters. The zero-order valence-electron chi connectivity index (χ0n) is 14.2. The van der Waals surface area contributed by atoms with Crippen LogP contribution >= 0.6 is 11.6 Å². The van der Waals surface area contributed by atoms with Gasteiger partial charge in [-0.3, -0.25) is 9.59 Å². The monoisotopic (exact) mass is 386 g/mol. The second-order valence-electron chi connectivity index (χ2n) is 5.58. The van der Waals surface area contributed by atoms with E-state index in [1.165, 1.54) is 19.2 Å². The third kappa shape index (κ3) is 4.45. The van der Waals surface area contributed by atoms with Crippen molar-refractivity contribution in [2.45, 2.75) is 0 Å². The molecular weight excluding hydrogens is 372 g/mol. The summed E-state index contributed by atoms with van der Waals surface area (Å²) in [6, 6.07) is 12.8. The molecule has 3 aromatic rings. The van der Waals surface area contributed by atoms with Crippen LogP contribution in [-0.2, 0) is 9.53 Å². The van der Waals surface area contributed by atoms with Crippen molar-refractivity contribution in [1.29, 1.82) is 0 Å². The third-order valence-corrected chi connectivity index (χ3v) is 3.88. The lowest BCUT2D eigenvalue weighted by Gasteiger charge is -2.07. The molecule has 8 heteroatoms. The molecule has 0 aliphatic heterocycles. The molecule has 0 spiro atoms. The van der Waals surface area contributed by atoms with Crippen molar-refractivity contribution in [3.8, 4) is 0 Å². The van der Waals surface area contributed by atoms with Crippen LogP contribution in [0, 0.1) is 0 Å². The number of esters is 1. The molecule has 0 saturated carbocycles. The van der Waals surface area contributed by atoms with Crippen LogP contribution in [0.5, 0.6) is 0 Å². The Labute approximate surface area is 159 Å². The third-order valence-electron chi connectivity index (χ3n) is 3.65. The van der Waals surface area contributed by atoms with Gasteiger partial charge >= 0.3 is 5.97 Å². The van der Waals surface area contributed by atoms with E-state index in [4.69, 9.17) is 20.8 Å². The number of nitrogens with one attached hydrogen (secondary N) is 2. The fraction of sp³-hybridized carbons (Fsp3) is 0.105. The zero-order valence-corrected chi connectivity index (χ0v) is 15.0. The number of carbonyl (C=O) groups excluding carboxylic acids is 3. The van der Waals surface area contributed by atoms with Gasteiger partial charge in [-0.05, 0) is 42.5 Å². The van der Waals surface area contributed by atoms with Crippen LogP contribution in [-0.4, -0.2) is 31.4 Å². The van der Waals surface area contributed by atoms with Crippen LogP contribution in [0.2, 0.25) is 5.02 Å². The quantitative estimate of drug-likeness (QED) is 0.656. The highest BCUT2D eigenvalue weighted by Crippen LogP contribution is 2.23. The number of furan rings is 1. The first kappa shape index (κ1) is 18.5. The Morgan fingerprint density at radius 1 is 1.11 bits per heavy atom. The molecular formula is C19H15ClN2O5. The van der Waals surface area contributed by atoms with Crippen molar-refractivity contribution < 1.29 is 23.5 Å².